The fourth-order valence-electron chi connectivity index (χ4n) is 3.01. The molecule has 30 heavy (non-hydrogen) atoms. The third kappa shape index (κ3) is 4.38. The van der Waals surface area contributed by atoms with Gasteiger partial charge in [0.2, 0.25) is 5.91 Å². The number of fused-ring (bicyclic) bond motifs is 2. The first-order valence-corrected chi connectivity index (χ1v) is 10.3. The minimum atomic E-state index is -0.814. The third-order valence-corrected chi connectivity index (χ3v) is 5.65. The van der Waals surface area contributed by atoms with Gasteiger partial charge in [0.05, 0.1) is 11.4 Å². The fraction of sp³-hybridized carbons (Fsp3) is 0.136. The van der Waals surface area contributed by atoms with Crippen molar-refractivity contribution in [2.24, 2.45) is 0 Å². The second-order valence-corrected chi connectivity index (χ2v) is 7.78. The first-order valence-electron chi connectivity index (χ1n) is 9.32. The molecule has 152 valence electrons. The molecule has 3 aromatic carbocycles. The van der Waals surface area contributed by atoms with Crippen molar-refractivity contribution in [3.63, 3.8) is 0 Å². The number of anilines is 1. The largest absolute Gasteiger partial charge is 0.481 e. The van der Waals surface area contributed by atoms with Gasteiger partial charge < -0.3 is 10.1 Å². The molecule has 0 fully saturated rings. The standard InChI is InChI=1S/C22H19N3O4S/c1-13(29-17-8-6-14-4-2-3-5-15(14)10-17)21(27)24-25-22(28)16-7-9-19-18(11-16)23-20(26)12-30-19/h2-11,13H,12H2,1H3,(H,23,26)(H,24,27)(H,25,28). The summed E-state index contributed by atoms with van der Waals surface area (Å²) in [7, 11) is 0. The average Bonchev–Trinajstić information content (AvgIpc) is 2.76. The van der Waals surface area contributed by atoms with Crippen LogP contribution in [0.3, 0.4) is 0 Å². The van der Waals surface area contributed by atoms with E-state index >= 15 is 0 Å². The molecule has 7 nitrogen and oxygen atoms in total. The second-order valence-electron chi connectivity index (χ2n) is 6.76. The van der Waals surface area contributed by atoms with Crippen LogP contribution in [0.4, 0.5) is 5.69 Å². The molecular weight excluding hydrogens is 402 g/mol. The molecule has 3 N–H and O–H groups in total. The summed E-state index contributed by atoms with van der Waals surface area (Å²) >= 11 is 1.41. The molecule has 0 bridgehead atoms. The monoisotopic (exact) mass is 421 g/mol. The zero-order chi connectivity index (χ0) is 21.1. The first-order chi connectivity index (χ1) is 14.5. The number of rotatable bonds is 4. The topological polar surface area (TPSA) is 96.5 Å². The maximum absolute atomic E-state index is 12.4. The van der Waals surface area contributed by atoms with E-state index in [9.17, 15) is 14.4 Å². The molecule has 1 aliphatic heterocycles. The lowest BCUT2D eigenvalue weighted by molar-refractivity contribution is -0.128. The second kappa shape index (κ2) is 8.46. The van der Waals surface area contributed by atoms with Crippen molar-refractivity contribution in [3.8, 4) is 5.75 Å². The number of amides is 3. The molecule has 0 aliphatic carbocycles. The summed E-state index contributed by atoms with van der Waals surface area (Å²) in [6.07, 6.45) is -0.814. The lowest BCUT2D eigenvalue weighted by Crippen LogP contribution is -2.47. The van der Waals surface area contributed by atoms with Gasteiger partial charge in [0.15, 0.2) is 6.10 Å². The molecule has 1 heterocycles. The van der Waals surface area contributed by atoms with Crippen LogP contribution in [-0.4, -0.2) is 29.6 Å². The molecule has 8 heteroatoms. The summed E-state index contributed by atoms with van der Waals surface area (Å²) in [4.78, 5) is 37.1. The Balaban J connectivity index is 1.34. The highest BCUT2D eigenvalue weighted by Crippen LogP contribution is 2.31. The van der Waals surface area contributed by atoms with Crippen LogP contribution in [0.2, 0.25) is 0 Å². The van der Waals surface area contributed by atoms with Gasteiger partial charge in [-0.25, -0.2) is 0 Å². The molecule has 1 atom stereocenters. The number of carbonyl (C=O) groups is 3. The van der Waals surface area contributed by atoms with Gasteiger partial charge in [0.1, 0.15) is 5.75 Å². The molecule has 1 unspecified atom stereocenters. The highest BCUT2D eigenvalue weighted by molar-refractivity contribution is 8.00. The number of benzene rings is 3. The van der Waals surface area contributed by atoms with Crippen molar-refractivity contribution >= 4 is 45.9 Å². The van der Waals surface area contributed by atoms with Crippen molar-refractivity contribution < 1.29 is 19.1 Å². The minimum absolute atomic E-state index is 0.113. The van der Waals surface area contributed by atoms with E-state index < -0.39 is 17.9 Å². The van der Waals surface area contributed by atoms with Crippen LogP contribution < -0.4 is 20.9 Å². The maximum Gasteiger partial charge on any atom is 0.279 e. The predicted molar refractivity (Wildman–Crippen MR) is 115 cm³/mol. The SMILES string of the molecule is CC(Oc1ccc2ccccc2c1)C(=O)NNC(=O)c1ccc2c(c1)NC(=O)CS2. The van der Waals surface area contributed by atoms with Crippen molar-refractivity contribution in [1.82, 2.24) is 10.9 Å². The molecule has 0 saturated carbocycles. The van der Waals surface area contributed by atoms with E-state index in [0.29, 0.717) is 22.8 Å². The molecule has 3 aromatic rings. The summed E-state index contributed by atoms with van der Waals surface area (Å²) in [6, 6.07) is 18.4. The molecule has 3 amide bonds. The smallest absolute Gasteiger partial charge is 0.279 e. The van der Waals surface area contributed by atoms with E-state index in [1.807, 2.05) is 36.4 Å². The fourth-order valence-corrected chi connectivity index (χ4v) is 3.80. The summed E-state index contributed by atoms with van der Waals surface area (Å²) in [6.45, 7) is 1.60. The number of nitrogens with one attached hydrogen (secondary N) is 3. The number of carbonyl (C=O) groups excluding carboxylic acids is 3. The molecule has 1 aliphatic rings. The minimum Gasteiger partial charge on any atom is -0.481 e. The Morgan fingerprint density at radius 1 is 1.03 bits per heavy atom. The van der Waals surface area contributed by atoms with Gasteiger partial charge in [0.25, 0.3) is 11.8 Å². The normalized spacial score (nSPS) is 13.7. The van der Waals surface area contributed by atoms with Crippen LogP contribution in [0, 0.1) is 0 Å². The maximum atomic E-state index is 12.4. The van der Waals surface area contributed by atoms with Gasteiger partial charge in [-0.1, -0.05) is 30.3 Å². The number of hydrazine groups is 1. The zero-order valence-electron chi connectivity index (χ0n) is 16.1. The van der Waals surface area contributed by atoms with E-state index in [1.54, 1.807) is 31.2 Å². The number of hydrogen-bond donors (Lipinski definition) is 3. The summed E-state index contributed by atoms with van der Waals surface area (Å²) < 4.78 is 5.69. The zero-order valence-corrected chi connectivity index (χ0v) is 16.9. The Kier molecular flexibility index (Phi) is 5.58. The van der Waals surface area contributed by atoms with Gasteiger partial charge in [-0.2, -0.15) is 0 Å². The van der Waals surface area contributed by atoms with Crippen LogP contribution in [0.15, 0.2) is 65.6 Å². The predicted octanol–water partition coefficient (Wildman–Crippen LogP) is 3.11. The van der Waals surface area contributed by atoms with Crippen molar-refractivity contribution in [2.75, 3.05) is 11.1 Å². The molecule has 4 rings (SSSR count). The van der Waals surface area contributed by atoms with E-state index in [-0.39, 0.29) is 5.91 Å². The van der Waals surface area contributed by atoms with E-state index in [1.165, 1.54) is 11.8 Å². The highest BCUT2D eigenvalue weighted by Gasteiger charge is 2.19. The first kappa shape index (κ1) is 19.8. The van der Waals surface area contributed by atoms with Crippen LogP contribution in [0.1, 0.15) is 17.3 Å². The van der Waals surface area contributed by atoms with Crippen LogP contribution in [-0.2, 0) is 9.59 Å². The summed E-state index contributed by atoms with van der Waals surface area (Å²) in [5.41, 5.74) is 5.65. The third-order valence-electron chi connectivity index (χ3n) is 4.58. The van der Waals surface area contributed by atoms with Crippen molar-refractivity contribution in [2.45, 2.75) is 17.9 Å². The van der Waals surface area contributed by atoms with Crippen LogP contribution in [0.25, 0.3) is 10.8 Å². The van der Waals surface area contributed by atoms with E-state index in [2.05, 4.69) is 16.2 Å². The number of hydrogen-bond acceptors (Lipinski definition) is 5. The Morgan fingerprint density at radius 3 is 2.67 bits per heavy atom. The van der Waals surface area contributed by atoms with Gasteiger partial charge in [-0.05, 0) is 48.0 Å². The molecule has 0 aromatic heterocycles. The summed E-state index contributed by atoms with van der Waals surface area (Å²) in [5.74, 6) is -0.181. The molecular formula is C22H19N3O4S. The Morgan fingerprint density at radius 2 is 1.83 bits per heavy atom. The van der Waals surface area contributed by atoms with Crippen molar-refractivity contribution in [3.05, 3.63) is 66.2 Å². The quantitative estimate of drug-likeness (QED) is 0.563. The number of thioether (sulfide) groups is 1. The Labute approximate surface area is 177 Å². The van der Waals surface area contributed by atoms with Gasteiger partial charge in [-0.15, -0.1) is 11.8 Å². The van der Waals surface area contributed by atoms with Crippen LogP contribution >= 0.6 is 11.8 Å². The average molecular weight is 421 g/mol. The molecule has 0 saturated heterocycles. The highest BCUT2D eigenvalue weighted by atomic mass is 32.2. The Bertz CT molecular complexity index is 1150. The summed E-state index contributed by atoms with van der Waals surface area (Å²) in [5, 5.41) is 4.82. The van der Waals surface area contributed by atoms with Gasteiger partial charge in [0, 0.05) is 10.5 Å². The van der Waals surface area contributed by atoms with Crippen molar-refractivity contribution in [1.29, 1.82) is 0 Å². The lowest BCUT2D eigenvalue weighted by atomic mass is 10.1. The van der Waals surface area contributed by atoms with E-state index in [0.717, 1.165) is 15.7 Å². The van der Waals surface area contributed by atoms with Gasteiger partial charge in [-0.3, -0.25) is 25.2 Å². The molecule has 0 radical (unpaired) electrons. The van der Waals surface area contributed by atoms with E-state index in [4.69, 9.17) is 4.74 Å². The lowest BCUT2D eigenvalue weighted by Gasteiger charge is -2.18. The van der Waals surface area contributed by atoms with Crippen LogP contribution in [0.5, 0.6) is 5.75 Å². The van der Waals surface area contributed by atoms with Gasteiger partial charge >= 0.3 is 0 Å². The Hall–Kier alpha value is -3.52. The number of ether oxygens (including phenoxy) is 1. The molecule has 0 spiro atoms.